The molecule has 0 spiro atoms. The number of terminal acetylenes is 1. The second-order valence-electron chi connectivity index (χ2n) is 5.23. The van der Waals surface area contributed by atoms with Crippen molar-refractivity contribution < 1.29 is 13.2 Å². The van der Waals surface area contributed by atoms with Crippen LogP contribution in [0, 0.1) is 12.3 Å². The monoisotopic (exact) mass is 361 g/mol. The van der Waals surface area contributed by atoms with Gasteiger partial charge in [-0.15, -0.1) is 6.42 Å². The number of aromatic amines is 1. The SMILES string of the molecule is C#CCNC(=O)c1cc(=O)[nH]c2ccc(S(=O)(=O)N(CC)CC)cc12. The Hall–Kier alpha value is -2.63. The Morgan fingerprint density at radius 2 is 1.96 bits per heavy atom. The van der Waals surface area contributed by atoms with Crippen molar-refractivity contribution in [3.63, 3.8) is 0 Å². The molecule has 0 atom stereocenters. The number of pyridine rings is 1. The van der Waals surface area contributed by atoms with E-state index in [1.165, 1.54) is 22.5 Å². The molecule has 7 nitrogen and oxygen atoms in total. The van der Waals surface area contributed by atoms with E-state index in [1.54, 1.807) is 13.8 Å². The van der Waals surface area contributed by atoms with Gasteiger partial charge in [-0.2, -0.15) is 4.31 Å². The third-order valence-electron chi connectivity index (χ3n) is 3.75. The van der Waals surface area contributed by atoms with Gasteiger partial charge in [-0.1, -0.05) is 19.8 Å². The first-order valence-electron chi connectivity index (χ1n) is 7.74. The molecule has 2 rings (SSSR count). The van der Waals surface area contributed by atoms with Gasteiger partial charge in [-0.25, -0.2) is 8.42 Å². The van der Waals surface area contributed by atoms with E-state index in [9.17, 15) is 18.0 Å². The van der Waals surface area contributed by atoms with Gasteiger partial charge in [0.15, 0.2) is 0 Å². The molecule has 0 saturated heterocycles. The number of carbonyl (C=O) groups excluding carboxylic acids is 1. The van der Waals surface area contributed by atoms with E-state index in [4.69, 9.17) is 6.42 Å². The second-order valence-corrected chi connectivity index (χ2v) is 7.17. The zero-order valence-corrected chi connectivity index (χ0v) is 14.8. The number of amides is 1. The Morgan fingerprint density at radius 3 is 2.56 bits per heavy atom. The highest BCUT2D eigenvalue weighted by Gasteiger charge is 2.23. The molecule has 0 bridgehead atoms. The Kier molecular flexibility index (Phi) is 5.62. The molecule has 0 saturated carbocycles. The molecule has 2 N–H and O–H groups in total. The molecule has 132 valence electrons. The van der Waals surface area contributed by atoms with E-state index in [0.29, 0.717) is 24.0 Å². The van der Waals surface area contributed by atoms with Gasteiger partial charge in [0.05, 0.1) is 17.0 Å². The van der Waals surface area contributed by atoms with Gasteiger partial charge < -0.3 is 10.3 Å². The first-order valence-corrected chi connectivity index (χ1v) is 9.18. The van der Waals surface area contributed by atoms with Crippen LogP contribution in [0.2, 0.25) is 0 Å². The molecule has 0 fully saturated rings. The van der Waals surface area contributed by atoms with Crippen LogP contribution >= 0.6 is 0 Å². The average molecular weight is 361 g/mol. The van der Waals surface area contributed by atoms with Crippen LogP contribution in [0.4, 0.5) is 0 Å². The third-order valence-corrected chi connectivity index (χ3v) is 5.80. The number of sulfonamides is 1. The number of fused-ring (bicyclic) bond motifs is 1. The topological polar surface area (TPSA) is 99.3 Å². The summed E-state index contributed by atoms with van der Waals surface area (Å²) in [4.78, 5) is 26.7. The summed E-state index contributed by atoms with van der Waals surface area (Å²) in [5.41, 5.74) is -0.0137. The number of carbonyl (C=O) groups is 1. The highest BCUT2D eigenvalue weighted by molar-refractivity contribution is 7.89. The fraction of sp³-hybridized carbons (Fsp3) is 0.294. The molecule has 1 aromatic carbocycles. The van der Waals surface area contributed by atoms with Crippen LogP contribution in [0.15, 0.2) is 34.0 Å². The average Bonchev–Trinajstić information content (AvgIpc) is 2.59. The van der Waals surface area contributed by atoms with Crippen molar-refractivity contribution in [3.8, 4) is 12.3 Å². The number of benzene rings is 1. The maximum Gasteiger partial charge on any atom is 0.252 e. The summed E-state index contributed by atoms with van der Waals surface area (Å²) in [7, 11) is -3.68. The summed E-state index contributed by atoms with van der Waals surface area (Å²) in [6, 6.07) is 5.41. The number of H-pyrrole nitrogens is 1. The van der Waals surface area contributed by atoms with E-state index in [2.05, 4.69) is 16.2 Å². The Labute approximate surface area is 146 Å². The molecule has 8 heteroatoms. The number of hydrogen-bond acceptors (Lipinski definition) is 4. The summed E-state index contributed by atoms with van der Waals surface area (Å²) >= 11 is 0. The molecule has 0 radical (unpaired) electrons. The van der Waals surface area contributed by atoms with Crippen molar-refractivity contribution in [2.45, 2.75) is 18.7 Å². The molecular weight excluding hydrogens is 342 g/mol. The van der Waals surface area contributed by atoms with Crippen LogP contribution < -0.4 is 10.9 Å². The maximum absolute atomic E-state index is 12.7. The Balaban J connectivity index is 2.66. The molecule has 0 aliphatic carbocycles. The van der Waals surface area contributed by atoms with Crippen LogP contribution in [0.1, 0.15) is 24.2 Å². The fourth-order valence-electron chi connectivity index (χ4n) is 2.52. The lowest BCUT2D eigenvalue weighted by Crippen LogP contribution is -2.30. The molecule has 1 aromatic heterocycles. The smallest absolute Gasteiger partial charge is 0.252 e. The van der Waals surface area contributed by atoms with E-state index < -0.39 is 21.5 Å². The lowest BCUT2D eigenvalue weighted by atomic mass is 10.1. The molecule has 0 aliphatic rings. The molecule has 25 heavy (non-hydrogen) atoms. The number of nitrogens with one attached hydrogen (secondary N) is 2. The molecular formula is C17H19N3O4S. The van der Waals surface area contributed by atoms with Crippen LogP contribution in [0.25, 0.3) is 10.9 Å². The summed E-state index contributed by atoms with van der Waals surface area (Å²) in [6.45, 7) is 4.16. The van der Waals surface area contributed by atoms with Crippen LogP contribution in [-0.4, -0.2) is 43.2 Å². The van der Waals surface area contributed by atoms with Crippen molar-refractivity contribution in [2.24, 2.45) is 0 Å². The van der Waals surface area contributed by atoms with Crippen molar-refractivity contribution in [1.82, 2.24) is 14.6 Å². The Morgan fingerprint density at radius 1 is 1.28 bits per heavy atom. The zero-order chi connectivity index (χ0) is 18.6. The molecule has 2 aromatic rings. The van der Waals surface area contributed by atoms with Crippen molar-refractivity contribution >= 4 is 26.8 Å². The van der Waals surface area contributed by atoms with E-state index in [0.717, 1.165) is 6.07 Å². The van der Waals surface area contributed by atoms with Crippen molar-refractivity contribution in [2.75, 3.05) is 19.6 Å². The minimum atomic E-state index is -3.68. The highest BCUT2D eigenvalue weighted by atomic mass is 32.2. The van der Waals surface area contributed by atoms with Crippen LogP contribution in [0.5, 0.6) is 0 Å². The van der Waals surface area contributed by atoms with Crippen LogP contribution in [0.3, 0.4) is 0 Å². The summed E-state index contributed by atoms with van der Waals surface area (Å²) in [6.07, 6.45) is 5.13. The largest absolute Gasteiger partial charge is 0.341 e. The number of nitrogens with zero attached hydrogens (tertiary/aromatic N) is 1. The lowest BCUT2D eigenvalue weighted by molar-refractivity contribution is 0.0960. The summed E-state index contributed by atoms with van der Waals surface area (Å²) in [5.74, 6) is 1.74. The summed E-state index contributed by atoms with van der Waals surface area (Å²) in [5, 5.41) is 2.82. The fourth-order valence-corrected chi connectivity index (χ4v) is 4.01. The molecule has 1 heterocycles. The third kappa shape index (κ3) is 3.73. The first-order chi connectivity index (χ1) is 11.8. The van der Waals surface area contributed by atoms with Gasteiger partial charge in [-0.05, 0) is 18.2 Å². The van der Waals surface area contributed by atoms with Gasteiger partial charge in [0, 0.05) is 30.1 Å². The van der Waals surface area contributed by atoms with E-state index in [1.807, 2.05) is 0 Å². The maximum atomic E-state index is 12.7. The predicted molar refractivity (Wildman–Crippen MR) is 95.8 cm³/mol. The molecule has 1 amide bonds. The number of rotatable bonds is 6. The quantitative estimate of drug-likeness (QED) is 0.748. The molecule has 0 aliphatic heterocycles. The first kappa shape index (κ1) is 18.7. The van der Waals surface area contributed by atoms with Gasteiger partial charge in [0.2, 0.25) is 15.6 Å². The highest BCUT2D eigenvalue weighted by Crippen LogP contribution is 2.22. The number of aromatic nitrogens is 1. The Bertz CT molecular complexity index is 999. The van der Waals surface area contributed by atoms with Gasteiger partial charge in [-0.3, -0.25) is 9.59 Å². The summed E-state index contributed by atoms with van der Waals surface area (Å²) < 4.78 is 26.7. The number of hydrogen-bond donors (Lipinski definition) is 2. The van der Waals surface area contributed by atoms with Crippen molar-refractivity contribution in [3.05, 3.63) is 40.2 Å². The molecule has 0 unspecified atom stereocenters. The lowest BCUT2D eigenvalue weighted by Gasteiger charge is -2.19. The van der Waals surface area contributed by atoms with E-state index in [-0.39, 0.29) is 17.0 Å². The minimum absolute atomic E-state index is 0.00453. The predicted octanol–water partition coefficient (Wildman–Crippen LogP) is 0.922. The standard InChI is InChI=1S/C17H19N3O4S/c1-4-9-18-17(22)14-11-16(21)19-15-8-7-12(10-13(14)15)25(23,24)20(5-2)6-3/h1,7-8,10-11H,5-6,9H2,2-3H3,(H,18,22)(H,19,21). The minimum Gasteiger partial charge on any atom is -0.341 e. The van der Waals surface area contributed by atoms with E-state index >= 15 is 0 Å². The van der Waals surface area contributed by atoms with Crippen LogP contribution in [-0.2, 0) is 10.0 Å². The second kappa shape index (κ2) is 7.51. The van der Waals surface area contributed by atoms with Gasteiger partial charge in [0.25, 0.3) is 5.91 Å². The van der Waals surface area contributed by atoms with Gasteiger partial charge >= 0.3 is 0 Å². The normalized spacial score (nSPS) is 11.4. The van der Waals surface area contributed by atoms with Crippen molar-refractivity contribution in [1.29, 1.82) is 0 Å². The zero-order valence-electron chi connectivity index (χ0n) is 14.0. The van der Waals surface area contributed by atoms with Gasteiger partial charge in [0.1, 0.15) is 0 Å².